The Kier molecular flexibility index (Phi) is 7.94. The number of unbranched alkanes of at least 4 members (excludes halogenated alkanes) is 1. The van der Waals surface area contributed by atoms with Crippen LogP contribution in [-0.4, -0.2) is 49.9 Å². The Morgan fingerprint density at radius 2 is 0.929 bits per heavy atom. The molecule has 6 rings (SSSR count). The van der Waals surface area contributed by atoms with Gasteiger partial charge in [0, 0.05) is 83.9 Å². The molecule has 4 N–H and O–H groups in total. The number of aromatic amines is 4. The molecule has 42 heavy (non-hydrogen) atoms. The van der Waals surface area contributed by atoms with Crippen LogP contribution in [0.1, 0.15) is 73.7 Å². The normalized spacial score (nSPS) is 12.3. The quantitative estimate of drug-likeness (QED) is 0.122. The van der Waals surface area contributed by atoms with E-state index in [0.29, 0.717) is 0 Å². The van der Waals surface area contributed by atoms with Crippen molar-refractivity contribution < 1.29 is 0 Å². The van der Waals surface area contributed by atoms with Crippen LogP contribution in [0.25, 0.3) is 0 Å². The second-order valence-electron chi connectivity index (χ2n) is 11.7. The number of rotatable bonds is 15. The van der Waals surface area contributed by atoms with Gasteiger partial charge in [0.05, 0.1) is 11.4 Å². The Morgan fingerprint density at radius 1 is 0.571 bits per heavy atom. The molecular formula is C32H40N10. The maximum atomic E-state index is 4.46. The summed E-state index contributed by atoms with van der Waals surface area (Å²) in [5.41, 5.74) is 6.54. The molecule has 6 heterocycles. The van der Waals surface area contributed by atoms with Gasteiger partial charge in [-0.3, -0.25) is 9.36 Å². The number of hydrogen-bond donors (Lipinski definition) is 4. The third-order valence-corrected chi connectivity index (χ3v) is 8.73. The lowest BCUT2D eigenvalue weighted by Gasteiger charge is -2.27. The molecule has 0 aliphatic heterocycles. The van der Waals surface area contributed by atoms with Crippen LogP contribution in [0.2, 0.25) is 0 Å². The van der Waals surface area contributed by atoms with E-state index in [-0.39, 0.29) is 10.8 Å². The summed E-state index contributed by atoms with van der Waals surface area (Å²) in [7, 11) is 0. The first kappa shape index (κ1) is 27.6. The molecule has 0 radical (unpaired) electrons. The minimum Gasteiger partial charge on any atom is -0.364 e. The molecule has 6 aromatic heterocycles. The Labute approximate surface area is 246 Å². The molecule has 0 fully saturated rings. The summed E-state index contributed by atoms with van der Waals surface area (Å²) in [6.45, 7) is 6.22. The van der Waals surface area contributed by atoms with Gasteiger partial charge in [-0.1, -0.05) is 10.4 Å². The molecule has 0 atom stereocenters. The van der Waals surface area contributed by atoms with E-state index in [1.807, 2.05) is 34.2 Å². The molecular weight excluding hydrogens is 524 g/mol. The zero-order chi connectivity index (χ0) is 28.8. The van der Waals surface area contributed by atoms with E-state index in [0.717, 1.165) is 63.0 Å². The van der Waals surface area contributed by atoms with E-state index in [4.69, 9.17) is 0 Å². The van der Waals surface area contributed by atoms with Crippen molar-refractivity contribution in [2.24, 2.45) is 0 Å². The lowest BCUT2D eigenvalue weighted by Crippen LogP contribution is -2.25. The molecule has 218 valence electrons. The summed E-state index contributed by atoms with van der Waals surface area (Å²) in [5.74, 6) is 0. The van der Waals surface area contributed by atoms with Crippen molar-refractivity contribution in [3.05, 3.63) is 120 Å². The predicted octanol–water partition coefficient (Wildman–Crippen LogP) is 5.54. The third-order valence-electron chi connectivity index (χ3n) is 8.73. The summed E-state index contributed by atoms with van der Waals surface area (Å²) in [6.07, 6.45) is 17.7. The first-order chi connectivity index (χ1) is 20.5. The lowest BCUT2D eigenvalue weighted by molar-refractivity contribution is 0.487. The second-order valence-corrected chi connectivity index (χ2v) is 11.7. The fraction of sp³-hybridized carbons (Fsp3) is 0.375. The first-order valence-corrected chi connectivity index (χ1v) is 14.9. The molecule has 0 aromatic carbocycles. The molecule has 10 nitrogen and oxygen atoms in total. The van der Waals surface area contributed by atoms with Gasteiger partial charge >= 0.3 is 0 Å². The van der Waals surface area contributed by atoms with Crippen molar-refractivity contribution >= 4 is 0 Å². The van der Waals surface area contributed by atoms with Gasteiger partial charge in [-0.15, -0.1) is 10.2 Å². The predicted molar refractivity (Wildman–Crippen MR) is 162 cm³/mol. The largest absolute Gasteiger partial charge is 0.364 e. The van der Waals surface area contributed by atoms with E-state index in [2.05, 4.69) is 115 Å². The van der Waals surface area contributed by atoms with Crippen LogP contribution < -0.4 is 0 Å². The average molecular weight is 565 g/mol. The Hall–Kier alpha value is -4.60. The van der Waals surface area contributed by atoms with Gasteiger partial charge in [-0.05, 0) is 101 Å². The van der Waals surface area contributed by atoms with Gasteiger partial charge in [0.2, 0.25) is 0 Å². The van der Waals surface area contributed by atoms with Gasteiger partial charge in [0.25, 0.3) is 0 Å². The maximum Gasteiger partial charge on any atom is 0.0827 e. The fourth-order valence-corrected chi connectivity index (χ4v) is 5.95. The van der Waals surface area contributed by atoms with Crippen LogP contribution in [-0.2, 0) is 36.8 Å². The van der Waals surface area contributed by atoms with Crippen molar-refractivity contribution in [1.29, 1.82) is 0 Å². The van der Waals surface area contributed by atoms with Gasteiger partial charge in [-0.2, -0.15) is 0 Å². The molecule has 0 amide bonds. The zero-order valence-electron chi connectivity index (χ0n) is 24.4. The summed E-state index contributed by atoms with van der Waals surface area (Å²) in [6, 6.07) is 16.8. The SMILES string of the molecule is CC(CCc1cn(CCCCn2cc(CCC(C)(c3ccc[nH]3)c3ccc[nH]3)nn2)nn1)(c1ccc[nH]1)c1ccc[nH]1. The van der Waals surface area contributed by atoms with E-state index in [1.54, 1.807) is 0 Å². The number of H-pyrrole nitrogens is 4. The van der Waals surface area contributed by atoms with Crippen molar-refractivity contribution in [3.63, 3.8) is 0 Å². The molecule has 6 aromatic rings. The van der Waals surface area contributed by atoms with Gasteiger partial charge < -0.3 is 19.9 Å². The van der Waals surface area contributed by atoms with Crippen LogP contribution in [0.5, 0.6) is 0 Å². The summed E-state index contributed by atoms with van der Waals surface area (Å²) < 4.78 is 3.93. The van der Waals surface area contributed by atoms with E-state index >= 15 is 0 Å². The highest BCUT2D eigenvalue weighted by Gasteiger charge is 2.32. The minimum atomic E-state index is -0.143. The Morgan fingerprint density at radius 3 is 1.24 bits per heavy atom. The lowest BCUT2D eigenvalue weighted by atomic mass is 9.79. The van der Waals surface area contributed by atoms with Crippen molar-refractivity contribution in [2.45, 2.75) is 76.3 Å². The topological polar surface area (TPSA) is 125 Å². The highest BCUT2D eigenvalue weighted by Crippen LogP contribution is 2.35. The molecule has 0 unspecified atom stereocenters. The highest BCUT2D eigenvalue weighted by atomic mass is 15.4. The number of aryl methyl sites for hydroxylation is 4. The molecule has 0 saturated heterocycles. The molecule has 0 saturated carbocycles. The number of hydrogen-bond acceptors (Lipinski definition) is 4. The fourth-order valence-electron chi connectivity index (χ4n) is 5.95. The summed E-state index contributed by atoms with van der Waals surface area (Å²) in [5, 5.41) is 17.7. The van der Waals surface area contributed by atoms with Crippen LogP contribution >= 0.6 is 0 Å². The third kappa shape index (κ3) is 5.88. The standard InChI is InChI=1S/C32H40N10/c1-31(27-9-5-17-33-27,28-10-6-18-34-28)15-13-25-23-41(39-37-25)21-3-4-22-42-24-26(38-40-42)14-16-32(2,29-11-7-19-35-29)30-12-8-20-36-30/h5-12,17-20,23-24,33-36H,3-4,13-16,21-22H2,1-2H3. The van der Waals surface area contributed by atoms with Crippen molar-refractivity contribution in [1.82, 2.24) is 49.9 Å². The summed E-state index contributed by atoms with van der Waals surface area (Å²) in [4.78, 5) is 13.6. The van der Waals surface area contributed by atoms with Gasteiger partial charge in [-0.25, -0.2) is 0 Å². The monoisotopic (exact) mass is 564 g/mol. The van der Waals surface area contributed by atoms with Crippen molar-refractivity contribution in [2.75, 3.05) is 0 Å². The van der Waals surface area contributed by atoms with Gasteiger partial charge in [0.1, 0.15) is 0 Å². The van der Waals surface area contributed by atoms with E-state index < -0.39 is 0 Å². The minimum absolute atomic E-state index is 0.143. The Balaban J connectivity index is 0.969. The Bertz CT molecular complexity index is 1410. The smallest absolute Gasteiger partial charge is 0.0827 e. The molecule has 10 heteroatoms. The summed E-state index contributed by atoms with van der Waals surface area (Å²) >= 11 is 0. The zero-order valence-corrected chi connectivity index (χ0v) is 24.4. The van der Waals surface area contributed by atoms with Crippen LogP contribution in [0.15, 0.2) is 85.7 Å². The van der Waals surface area contributed by atoms with E-state index in [1.165, 1.54) is 22.8 Å². The maximum absolute atomic E-state index is 4.46. The number of nitrogens with one attached hydrogen (secondary N) is 4. The van der Waals surface area contributed by atoms with Crippen LogP contribution in [0, 0.1) is 0 Å². The van der Waals surface area contributed by atoms with E-state index in [9.17, 15) is 0 Å². The molecule has 0 aliphatic carbocycles. The molecule has 0 spiro atoms. The number of aromatic nitrogens is 10. The average Bonchev–Trinajstić information content (AvgIpc) is 3.86. The second kappa shape index (κ2) is 12.1. The molecule has 0 bridgehead atoms. The molecule has 0 aliphatic rings. The first-order valence-electron chi connectivity index (χ1n) is 14.9. The van der Waals surface area contributed by atoms with Crippen LogP contribution in [0.3, 0.4) is 0 Å². The number of nitrogens with zero attached hydrogens (tertiary/aromatic N) is 6. The highest BCUT2D eigenvalue weighted by molar-refractivity contribution is 5.32. The van der Waals surface area contributed by atoms with Crippen LogP contribution in [0.4, 0.5) is 0 Å². The van der Waals surface area contributed by atoms with Gasteiger partial charge in [0.15, 0.2) is 0 Å². The van der Waals surface area contributed by atoms with Crippen molar-refractivity contribution in [3.8, 4) is 0 Å².